The molecule has 7 nitrogen and oxygen atoms in total. The fourth-order valence-corrected chi connectivity index (χ4v) is 2.92. The zero-order valence-corrected chi connectivity index (χ0v) is 13.1. The highest BCUT2D eigenvalue weighted by atomic mass is 15.3. The standard InChI is InChI=1S/C18H13N7/c19-17-6-3-4-14(22-17)16-11-20-18-8-7-13(23-25(16)18)12-10-21-24-9-2-1-5-15(12)24/h1-11H,(H2,19,22). The van der Waals surface area contributed by atoms with E-state index < -0.39 is 0 Å². The molecule has 0 aliphatic heterocycles. The number of anilines is 1. The lowest BCUT2D eigenvalue weighted by Gasteiger charge is -2.04. The van der Waals surface area contributed by atoms with Crippen LogP contribution in [0.2, 0.25) is 0 Å². The minimum atomic E-state index is 0.464. The van der Waals surface area contributed by atoms with E-state index in [1.807, 2.05) is 59.4 Å². The van der Waals surface area contributed by atoms with E-state index in [1.54, 1.807) is 16.8 Å². The number of imidazole rings is 1. The third kappa shape index (κ3) is 2.13. The van der Waals surface area contributed by atoms with Crippen LogP contribution < -0.4 is 5.73 Å². The second-order valence-electron chi connectivity index (χ2n) is 5.67. The predicted octanol–water partition coefficient (Wildman–Crippen LogP) is 2.69. The van der Waals surface area contributed by atoms with Gasteiger partial charge in [-0.2, -0.15) is 10.2 Å². The van der Waals surface area contributed by atoms with E-state index in [1.165, 1.54) is 0 Å². The first kappa shape index (κ1) is 13.7. The quantitative estimate of drug-likeness (QED) is 0.539. The molecule has 0 spiro atoms. The van der Waals surface area contributed by atoms with E-state index >= 15 is 0 Å². The van der Waals surface area contributed by atoms with Crippen molar-refractivity contribution in [2.45, 2.75) is 0 Å². The maximum atomic E-state index is 5.81. The predicted molar refractivity (Wildman–Crippen MR) is 94.8 cm³/mol. The summed E-state index contributed by atoms with van der Waals surface area (Å²) in [5.41, 5.74) is 10.9. The van der Waals surface area contributed by atoms with E-state index in [2.05, 4.69) is 15.1 Å². The first-order chi connectivity index (χ1) is 12.3. The highest BCUT2D eigenvalue weighted by Gasteiger charge is 2.12. The van der Waals surface area contributed by atoms with Crippen molar-refractivity contribution in [3.63, 3.8) is 0 Å². The summed E-state index contributed by atoms with van der Waals surface area (Å²) >= 11 is 0. The number of rotatable bonds is 2. The summed E-state index contributed by atoms with van der Waals surface area (Å²) in [6.45, 7) is 0. The van der Waals surface area contributed by atoms with Crippen molar-refractivity contribution in [3.8, 4) is 22.6 Å². The second-order valence-corrected chi connectivity index (χ2v) is 5.67. The van der Waals surface area contributed by atoms with Gasteiger partial charge >= 0.3 is 0 Å². The molecule has 0 atom stereocenters. The Kier molecular flexibility index (Phi) is 2.81. The highest BCUT2D eigenvalue weighted by Crippen LogP contribution is 2.25. The number of nitrogens with two attached hydrogens (primary N) is 1. The van der Waals surface area contributed by atoms with Crippen LogP contribution in [-0.4, -0.2) is 29.2 Å². The molecule has 5 aromatic rings. The number of pyridine rings is 2. The molecule has 0 aliphatic carbocycles. The Morgan fingerprint density at radius 3 is 2.76 bits per heavy atom. The largest absolute Gasteiger partial charge is 0.384 e. The van der Waals surface area contributed by atoms with Gasteiger partial charge in [0, 0.05) is 11.8 Å². The lowest BCUT2D eigenvalue weighted by atomic mass is 10.2. The minimum absolute atomic E-state index is 0.464. The van der Waals surface area contributed by atoms with E-state index in [-0.39, 0.29) is 0 Å². The normalized spacial score (nSPS) is 11.4. The van der Waals surface area contributed by atoms with Gasteiger partial charge in [-0.25, -0.2) is 19.0 Å². The third-order valence-corrected chi connectivity index (χ3v) is 4.10. The number of hydrogen-bond acceptors (Lipinski definition) is 5. The third-order valence-electron chi connectivity index (χ3n) is 4.10. The topological polar surface area (TPSA) is 86.4 Å². The minimum Gasteiger partial charge on any atom is -0.384 e. The van der Waals surface area contributed by atoms with Crippen molar-refractivity contribution in [1.82, 2.24) is 29.2 Å². The molecule has 5 aromatic heterocycles. The molecule has 5 heterocycles. The number of aromatic nitrogens is 6. The monoisotopic (exact) mass is 327 g/mol. The number of fused-ring (bicyclic) bond motifs is 2. The number of nitrogens with zero attached hydrogens (tertiary/aromatic N) is 6. The van der Waals surface area contributed by atoms with E-state index in [0.717, 1.165) is 33.8 Å². The Labute approximate surface area is 142 Å². The van der Waals surface area contributed by atoms with Crippen LogP contribution >= 0.6 is 0 Å². The molecule has 0 saturated carbocycles. The van der Waals surface area contributed by atoms with Gasteiger partial charge < -0.3 is 5.73 Å². The molecule has 0 fully saturated rings. The Hall–Kier alpha value is -3.74. The van der Waals surface area contributed by atoms with Crippen molar-refractivity contribution in [1.29, 1.82) is 0 Å². The van der Waals surface area contributed by atoms with Crippen molar-refractivity contribution in [2.24, 2.45) is 0 Å². The zero-order chi connectivity index (χ0) is 16.8. The van der Waals surface area contributed by atoms with Gasteiger partial charge in [-0.1, -0.05) is 12.1 Å². The maximum absolute atomic E-state index is 5.81. The summed E-state index contributed by atoms with van der Waals surface area (Å²) in [5.74, 6) is 0.464. The zero-order valence-electron chi connectivity index (χ0n) is 13.1. The van der Waals surface area contributed by atoms with Crippen molar-refractivity contribution < 1.29 is 0 Å². The Bertz CT molecular complexity index is 1220. The average molecular weight is 327 g/mol. The molecule has 0 saturated heterocycles. The Morgan fingerprint density at radius 2 is 1.84 bits per heavy atom. The van der Waals surface area contributed by atoms with Crippen LogP contribution in [0.15, 0.2) is 67.1 Å². The van der Waals surface area contributed by atoms with Crippen LogP contribution in [-0.2, 0) is 0 Å². The summed E-state index contributed by atoms with van der Waals surface area (Å²) < 4.78 is 3.61. The van der Waals surface area contributed by atoms with Gasteiger partial charge in [-0.3, -0.25) is 0 Å². The molecule has 0 aliphatic rings. The van der Waals surface area contributed by atoms with Crippen LogP contribution in [0.25, 0.3) is 33.8 Å². The van der Waals surface area contributed by atoms with Crippen LogP contribution in [0.4, 0.5) is 5.82 Å². The van der Waals surface area contributed by atoms with Crippen LogP contribution in [0.5, 0.6) is 0 Å². The molecule has 5 rings (SSSR count). The molecule has 2 N–H and O–H groups in total. The van der Waals surface area contributed by atoms with Gasteiger partial charge in [0.2, 0.25) is 0 Å². The fourth-order valence-electron chi connectivity index (χ4n) is 2.92. The van der Waals surface area contributed by atoms with Gasteiger partial charge in [0.05, 0.1) is 29.3 Å². The molecule has 0 radical (unpaired) electrons. The number of nitrogen functional groups attached to an aromatic ring is 1. The summed E-state index contributed by atoms with van der Waals surface area (Å²) in [6.07, 6.45) is 5.49. The van der Waals surface area contributed by atoms with Gasteiger partial charge in [0.25, 0.3) is 0 Å². The fraction of sp³-hybridized carbons (Fsp3) is 0. The molecular weight excluding hydrogens is 314 g/mol. The molecule has 0 amide bonds. The maximum Gasteiger partial charge on any atom is 0.154 e. The van der Waals surface area contributed by atoms with Crippen LogP contribution in [0.1, 0.15) is 0 Å². The van der Waals surface area contributed by atoms with E-state index in [4.69, 9.17) is 10.8 Å². The van der Waals surface area contributed by atoms with Crippen LogP contribution in [0.3, 0.4) is 0 Å². The molecule has 0 bridgehead atoms. The first-order valence-corrected chi connectivity index (χ1v) is 7.80. The Balaban J connectivity index is 1.72. The first-order valence-electron chi connectivity index (χ1n) is 7.80. The van der Waals surface area contributed by atoms with Gasteiger partial charge in [0.15, 0.2) is 5.65 Å². The van der Waals surface area contributed by atoms with Crippen LogP contribution in [0, 0.1) is 0 Å². The molecule has 120 valence electrons. The van der Waals surface area contributed by atoms with Crippen molar-refractivity contribution in [2.75, 3.05) is 5.73 Å². The summed E-state index contributed by atoms with van der Waals surface area (Å²) in [6, 6.07) is 15.3. The average Bonchev–Trinajstić information content (AvgIpc) is 3.25. The molecule has 0 unspecified atom stereocenters. The number of hydrogen-bond donors (Lipinski definition) is 1. The molecular formula is C18H13N7. The summed E-state index contributed by atoms with van der Waals surface area (Å²) in [5, 5.41) is 9.13. The lowest BCUT2D eigenvalue weighted by molar-refractivity contribution is 0.945. The summed E-state index contributed by atoms with van der Waals surface area (Å²) in [7, 11) is 0. The molecule has 25 heavy (non-hydrogen) atoms. The van der Waals surface area contributed by atoms with E-state index in [0.29, 0.717) is 5.82 Å². The van der Waals surface area contributed by atoms with Crippen molar-refractivity contribution >= 4 is 17.0 Å². The highest BCUT2D eigenvalue weighted by molar-refractivity contribution is 5.78. The molecule has 0 aromatic carbocycles. The molecule has 7 heteroatoms. The summed E-state index contributed by atoms with van der Waals surface area (Å²) in [4.78, 5) is 8.78. The lowest BCUT2D eigenvalue weighted by Crippen LogP contribution is -1.98. The van der Waals surface area contributed by atoms with Gasteiger partial charge in [-0.15, -0.1) is 0 Å². The smallest absolute Gasteiger partial charge is 0.154 e. The van der Waals surface area contributed by atoms with Crippen molar-refractivity contribution in [3.05, 3.63) is 67.1 Å². The SMILES string of the molecule is Nc1cccc(-c2cnc3ccc(-c4cnn5ccccc45)nn23)n1. The second kappa shape index (κ2) is 5.13. The van der Waals surface area contributed by atoms with Gasteiger partial charge in [-0.05, 0) is 36.4 Å². The van der Waals surface area contributed by atoms with E-state index in [9.17, 15) is 0 Å². The Morgan fingerprint density at radius 1 is 0.880 bits per heavy atom. The van der Waals surface area contributed by atoms with Gasteiger partial charge in [0.1, 0.15) is 11.5 Å².